The van der Waals surface area contributed by atoms with Crippen molar-refractivity contribution in [1.82, 2.24) is 0 Å². The highest BCUT2D eigenvalue weighted by molar-refractivity contribution is 9.10. The Kier molecular flexibility index (Phi) is 5.36. The van der Waals surface area contributed by atoms with E-state index in [1.165, 1.54) is 18.2 Å². The van der Waals surface area contributed by atoms with Crippen LogP contribution in [-0.2, 0) is 0 Å². The largest absolute Gasteiger partial charge is 0.454 e. The molecule has 0 bridgehead atoms. The summed E-state index contributed by atoms with van der Waals surface area (Å²) in [6, 6.07) is 17.9. The molecule has 0 aliphatic carbocycles. The van der Waals surface area contributed by atoms with Crippen molar-refractivity contribution in [3.05, 3.63) is 87.6 Å². The van der Waals surface area contributed by atoms with Gasteiger partial charge in [-0.15, -0.1) is 0 Å². The van der Waals surface area contributed by atoms with Gasteiger partial charge in [0.2, 0.25) is 0 Å². The first-order valence-corrected chi connectivity index (χ1v) is 8.49. The van der Waals surface area contributed by atoms with Gasteiger partial charge < -0.3 is 10.1 Å². The van der Waals surface area contributed by atoms with Crippen LogP contribution in [0.15, 0.2) is 71.2 Å². The fraction of sp³-hybridized carbons (Fsp3) is 0. The summed E-state index contributed by atoms with van der Waals surface area (Å²) in [5.74, 6) is 0.115. The molecule has 1 N–H and O–H groups in total. The Bertz CT molecular complexity index is 933. The lowest BCUT2D eigenvalue weighted by Gasteiger charge is -2.13. The highest BCUT2D eigenvalue weighted by Gasteiger charge is 2.14. The van der Waals surface area contributed by atoms with Crippen molar-refractivity contribution in [2.75, 3.05) is 5.32 Å². The van der Waals surface area contributed by atoms with Crippen molar-refractivity contribution in [1.29, 1.82) is 0 Å². The van der Waals surface area contributed by atoms with Gasteiger partial charge in [-0.3, -0.25) is 4.79 Å². The van der Waals surface area contributed by atoms with Gasteiger partial charge in [-0.25, -0.2) is 4.39 Å². The second-order valence-corrected chi connectivity index (χ2v) is 6.37. The number of nitrogens with one attached hydrogen (secondary N) is 1. The topological polar surface area (TPSA) is 38.3 Å². The van der Waals surface area contributed by atoms with Crippen LogP contribution in [0, 0.1) is 5.82 Å². The number of carbonyl (C=O) groups is 1. The van der Waals surface area contributed by atoms with Crippen LogP contribution < -0.4 is 10.1 Å². The molecular formula is C19H12BrClFNO2. The average Bonchev–Trinajstić information content (AvgIpc) is 2.58. The molecule has 126 valence electrons. The van der Waals surface area contributed by atoms with Crippen LogP contribution in [0.25, 0.3) is 0 Å². The highest BCUT2D eigenvalue weighted by Crippen LogP contribution is 2.33. The van der Waals surface area contributed by atoms with E-state index in [0.717, 1.165) is 0 Å². The molecule has 0 atom stereocenters. The molecule has 0 radical (unpaired) electrons. The van der Waals surface area contributed by atoms with E-state index in [1.54, 1.807) is 48.5 Å². The Morgan fingerprint density at radius 2 is 1.68 bits per heavy atom. The van der Waals surface area contributed by atoms with Crippen LogP contribution in [0.1, 0.15) is 10.4 Å². The second kappa shape index (κ2) is 7.68. The van der Waals surface area contributed by atoms with E-state index >= 15 is 0 Å². The summed E-state index contributed by atoms with van der Waals surface area (Å²) in [6.45, 7) is 0. The van der Waals surface area contributed by atoms with Gasteiger partial charge in [0, 0.05) is 4.47 Å². The first kappa shape index (κ1) is 17.5. The molecule has 25 heavy (non-hydrogen) atoms. The minimum Gasteiger partial charge on any atom is -0.454 e. The third-order valence-corrected chi connectivity index (χ3v) is 4.34. The summed E-state index contributed by atoms with van der Waals surface area (Å²) < 4.78 is 19.4. The van der Waals surface area contributed by atoms with E-state index in [2.05, 4.69) is 21.2 Å². The molecule has 0 fully saturated rings. The molecule has 3 rings (SSSR count). The molecule has 0 spiro atoms. The fourth-order valence-corrected chi connectivity index (χ4v) is 2.87. The van der Waals surface area contributed by atoms with E-state index in [0.29, 0.717) is 32.2 Å². The SMILES string of the molecule is O=C(Nc1ccccc1Oc1ccccc1Cl)c1ccc(F)cc1Br. The van der Waals surface area contributed by atoms with E-state index in [-0.39, 0.29) is 5.91 Å². The third-order valence-electron chi connectivity index (χ3n) is 3.37. The van der Waals surface area contributed by atoms with Crippen molar-refractivity contribution >= 4 is 39.1 Å². The average molecular weight is 421 g/mol. The summed E-state index contributed by atoms with van der Waals surface area (Å²) in [7, 11) is 0. The molecule has 0 saturated heterocycles. The maximum atomic E-state index is 13.2. The number of para-hydroxylation sites is 3. The van der Waals surface area contributed by atoms with Gasteiger partial charge in [0.05, 0.1) is 16.3 Å². The Morgan fingerprint density at radius 3 is 2.40 bits per heavy atom. The highest BCUT2D eigenvalue weighted by atomic mass is 79.9. The molecule has 6 heteroatoms. The standard InChI is InChI=1S/C19H12BrClFNO2/c20-14-11-12(22)9-10-13(14)19(24)23-16-6-2-4-8-18(16)25-17-7-3-1-5-15(17)21/h1-11H,(H,23,24). The monoisotopic (exact) mass is 419 g/mol. The summed E-state index contributed by atoms with van der Waals surface area (Å²) in [5, 5.41) is 3.23. The number of halogens is 3. The van der Waals surface area contributed by atoms with Crippen molar-refractivity contribution in [2.45, 2.75) is 0 Å². The van der Waals surface area contributed by atoms with Gasteiger partial charge in [-0.05, 0) is 58.4 Å². The minimum atomic E-state index is -0.425. The number of hydrogen-bond donors (Lipinski definition) is 1. The third kappa shape index (κ3) is 4.18. The van der Waals surface area contributed by atoms with Crippen LogP contribution in [0.3, 0.4) is 0 Å². The zero-order chi connectivity index (χ0) is 17.8. The summed E-state index contributed by atoms with van der Waals surface area (Å²) in [4.78, 5) is 12.5. The Balaban J connectivity index is 1.86. The molecule has 0 heterocycles. The number of amides is 1. The van der Waals surface area contributed by atoms with E-state index < -0.39 is 5.82 Å². The molecule has 0 aliphatic rings. The predicted molar refractivity (Wildman–Crippen MR) is 100 cm³/mol. The maximum Gasteiger partial charge on any atom is 0.256 e. The van der Waals surface area contributed by atoms with Crippen molar-refractivity contribution in [3.8, 4) is 11.5 Å². The summed E-state index contributed by atoms with van der Waals surface area (Å²) >= 11 is 9.30. The van der Waals surface area contributed by atoms with Crippen molar-refractivity contribution in [3.63, 3.8) is 0 Å². The van der Waals surface area contributed by atoms with Crippen LogP contribution in [0.4, 0.5) is 10.1 Å². The lowest BCUT2D eigenvalue weighted by Crippen LogP contribution is -2.13. The number of benzene rings is 3. The number of rotatable bonds is 4. The van der Waals surface area contributed by atoms with Gasteiger partial charge in [-0.2, -0.15) is 0 Å². The Morgan fingerprint density at radius 1 is 1.00 bits per heavy atom. The quantitative estimate of drug-likeness (QED) is 0.539. The number of hydrogen-bond acceptors (Lipinski definition) is 2. The van der Waals surface area contributed by atoms with Gasteiger partial charge in [0.15, 0.2) is 5.75 Å². The first-order chi connectivity index (χ1) is 12.0. The molecule has 0 saturated carbocycles. The molecule has 0 unspecified atom stereocenters. The molecule has 3 nitrogen and oxygen atoms in total. The van der Waals surface area contributed by atoms with Crippen LogP contribution >= 0.6 is 27.5 Å². The molecule has 0 aromatic heterocycles. The maximum absolute atomic E-state index is 13.2. The number of anilines is 1. The Labute approximate surface area is 157 Å². The van der Waals surface area contributed by atoms with Crippen LogP contribution in [0.5, 0.6) is 11.5 Å². The molecule has 3 aromatic carbocycles. The number of ether oxygens (including phenoxy) is 1. The molecule has 1 amide bonds. The van der Waals surface area contributed by atoms with Crippen molar-refractivity contribution < 1.29 is 13.9 Å². The number of carbonyl (C=O) groups excluding carboxylic acids is 1. The molecular weight excluding hydrogens is 409 g/mol. The lowest BCUT2D eigenvalue weighted by molar-refractivity contribution is 0.102. The van der Waals surface area contributed by atoms with Gasteiger partial charge in [0.1, 0.15) is 11.6 Å². The molecule has 3 aromatic rings. The first-order valence-electron chi connectivity index (χ1n) is 7.32. The zero-order valence-electron chi connectivity index (χ0n) is 12.8. The summed E-state index contributed by atoms with van der Waals surface area (Å²) in [5.41, 5.74) is 0.789. The van der Waals surface area contributed by atoms with E-state index in [1.807, 2.05) is 0 Å². The van der Waals surface area contributed by atoms with Gasteiger partial charge in [-0.1, -0.05) is 35.9 Å². The normalized spacial score (nSPS) is 10.4. The van der Waals surface area contributed by atoms with Crippen LogP contribution in [0.2, 0.25) is 5.02 Å². The predicted octanol–water partition coefficient (Wildman–Crippen LogP) is 6.29. The van der Waals surface area contributed by atoms with Gasteiger partial charge in [0.25, 0.3) is 5.91 Å². The Hall–Kier alpha value is -2.37. The smallest absolute Gasteiger partial charge is 0.256 e. The fourth-order valence-electron chi connectivity index (χ4n) is 2.17. The van der Waals surface area contributed by atoms with Crippen LogP contribution in [-0.4, -0.2) is 5.91 Å². The summed E-state index contributed by atoms with van der Waals surface area (Å²) in [6.07, 6.45) is 0. The van der Waals surface area contributed by atoms with Gasteiger partial charge >= 0.3 is 0 Å². The molecule has 0 aliphatic heterocycles. The lowest BCUT2D eigenvalue weighted by atomic mass is 10.2. The second-order valence-electron chi connectivity index (χ2n) is 5.11. The zero-order valence-corrected chi connectivity index (χ0v) is 15.1. The van der Waals surface area contributed by atoms with Crippen molar-refractivity contribution in [2.24, 2.45) is 0 Å². The minimum absolute atomic E-state index is 0.314. The van der Waals surface area contributed by atoms with E-state index in [4.69, 9.17) is 16.3 Å². The van der Waals surface area contributed by atoms with E-state index in [9.17, 15) is 9.18 Å².